The summed E-state index contributed by atoms with van der Waals surface area (Å²) in [5.74, 6) is -1.89. The van der Waals surface area contributed by atoms with Gasteiger partial charge in [-0.05, 0) is 36.4 Å². The lowest BCUT2D eigenvalue weighted by molar-refractivity contribution is 0.0996. The second-order valence-electron chi connectivity index (χ2n) is 4.14. The summed E-state index contributed by atoms with van der Waals surface area (Å²) in [4.78, 5) is 23.0. The van der Waals surface area contributed by atoms with E-state index < -0.39 is 17.6 Å². The summed E-state index contributed by atoms with van der Waals surface area (Å²) in [5, 5.41) is 2.37. The molecule has 0 aliphatic heterocycles. The van der Waals surface area contributed by atoms with Crippen molar-refractivity contribution in [3.05, 3.63) is 59.4 Å². The van der Waals surface area contributed by atoms with Gasteiger partial charge in [-0.15, -0.1) is 0 Å². The van der Waals surface area contributed by atoms with Crippen LogP contribution in [0.25, 0.3) is 0 Å². The molecule has 0 aromatic heterocycles. The summed E-state index contributed by atoms with van der Waals surface area (Å²) in [6, 6.07) is 9.74. The zero-order valence-electron chi connectivity index (χ0n) is 10.4. The molecule has 102 valence electrons. The van der Waals surface area contributed by atoms with Crippen molar-refractivity contribution in [3.63, 3.8) is 0 Å². The first kappa shape index (κ1) is 13.5. The molecule has 2 aromatic rings. The molecule has 2 amide bonds. The molecule has 0 heterocycles. The summed E-state index contributed by atoms with van der Waals surface area (Å²) >= 11 is 0. The predicted molar refractivity (Wildman–Crippen MR) is 73.7 cm³/mol. The molecule has 0 fully saturated rings. The number of benzene rings is 2. The van der Waals surface area contributed by atoms with E-state index in [1.165, 1.54) is 18.2 Å². The lowest BCUT2D eigenvalue weighted by Crippen LogP contribution is -2.15. The third-order valence-corrected chi connectivity index (χ3v) is 2.65. The molecule has 5 nitrogen and oxygen atoms in total. The van der Waals surface area contributed by atoms with Gasteiger partial charge in [-0.1, -0.05) is 6.07 Å². The maximum atomic E-state index is 13.6. The first-order valence-corrected chi connectivity index (χ1v) is 5.73. The molecule has 2 rings (SSSR count). The van der Waals surface area contributed by atoms with Crippen LogP contribution in [0.1, 0.15) is 20.7 Å². The first-order valence-electron chi connectivity index (χ1n) is 5.73. The van der Waals surface area contributed by atoms with Crippen LogP contribution in [0.5, 0.6) is 0 Å². The van der Waals surface area contributed by atoms with Gasteiger partial charge < -0.3 is 16.8 Å². The lowest BCUT2D eigenvalue weighted by atomic mass is 10.1. The number of rotatable bonds is 3. The highest BCUT2D eigenvalue weighted by molar-refractivity contribution is 6.05. The van der Waals surface area contributed by atoms with Gasteiger partial charge in [0.05, 0.1) is 5.69 Å². The van der Waals surface area contributed by atoms with Crippen LogP contribution in [0.4, 0.5) is 15.8 Å². The molecule has 6 heteroatoms. The van der Waals surface area contributed by atoms with E-state index in [-0.39, 0.29) is 16.8 Å². The van der Waals surface area contributed by atoms with Crippen LogP contribution in [-0.2, 0) is 0 Å². The quantitative estimate of drug-likeness (QED) is 0.743. The molecule has 0 unspecified atom stereocenters. The Morgan fingerprint density at radius 3 is 2.45 bits per heavy atom. The highest BCUT2D eigenvalue weighted by Crippen LogP contribution is 2.17. The molecule has 0 bridgehead atoms. The van der Waals surface area contributed by atoms with Gasteiger partial charge in [0.2, 0.25) is 5.91 Å². The van der Waals surface area contributed by atoms with Crippen LogP contribution >= 0.6 is 0 Å². The standard InChI is InChI=1S/C14H12FN3O2/c15-11-5-4-8(13(17)19)7-12(11)18-14(20)9-2-1-3-10(16)6-9/h1-7H,16H2,(H2,17,19)(H,18,20). The second-order valence-corrected chi connectivity index (χ2v) is 4.14. The minimum absolute atomic E-state index is 0.106. The van der Waals surface area contributed by atoms with E-state index in [0.29, 0.717) is 5.69 Å². The van der Waals surface area contributed by atoms with E-state index >= 15 is 0 Å². The molecule has 0 saturated carbocycles. The van der Waals surface area contributed by atoms with Crippen LogP contribution < -0.4 is 16.8 Å². The zero-order valence-corrected chi connectivity index (χ0v) is 10.4. The molecule has 0 radical (unpaired) electrons. The Kier molecular flexibility index (Phi) is 3.65. The van der Waals surface area contributed by atoms with E-state index in [9.17, 15) is 14.0 Å². The van der Waals surface area contributed by atoms with Crippen LogP contribution in [0.2, 0.25) is 0 Å². The Morgan fingerprint density at radius 2 is 1.80 bits per heavy atom. The van der Waals surface area contributed by atoms with Crippen molar-refractivity contribution in [1.29, 1.82) is 0 Å². The van der Waals surface area contributed by atoms with Crippen LogP contribution in [-0.4, -0.2) is 11.8 Å². The number of primary amides is 1. The van der Waals surface area contributed by atoms with Gasteiger partial charge >= 0.3 is 0 Å². The highest BCUT2D eigenvalue weighted by Gasteiger charge is 2.11. The Labute approximate surface area is 114 Å². The van der Waals surface area contributed by atoms with Gasteiger partial charge in [-0.3, -0.25) is 9.59 Å². The van der Waals surface area contributed by atoms with Crippen LogP contribution in [0.3, 0.4) is 0 Å². The molecule has 0 saturated heterocycles. The number of anilines is 2. The second kappa shape index (κ2) is 5.40. The Morgan fingerprint density at radius 1 is 1.05 bits per heavy atom. The van der Waals surface area contributed by atoms with Gasteiger partial charge in [0.1, 0.15) is 5.82 Å². The molecule has 2 aromatic carbocycles. The van der Waals surface area contributed by atoms with Gasteiger partial charge in [0, 0.05) is 16.8 Å². The summed E-state index contributed by atoms with van der Waals surface area (Å²) in [6.07, 6.45) is 0. The third-order valence-electron chi connectivity index (χ3n) is 2.65. The van der Waals surface area contributed by atoms with Crippen molar-refractivity contribution >= 4 is 23.2 Å². The number of carbonyl (C=O) groups is 2. The maximum absolute atomic E-state index is 13.6. The minimum atomic E-state index is -0.704. The number of nitrogens with one attached hydrogen (secondary N) is 1. The number of hydrogen-bond acceptors (Lipinski definition) is 3. The number of amides is 2. The Bertz CT molecular complexity index is 686. The van der Waals surface area contributed by atoms with Crippen molar-refractivity contribution in [2.24, 2.45) is 5.73 Å². The SMILES string of the molecule is NC(=O)c1ccc(F)c(NC(=O)c2cccc(N)c2)c1. The largest absolute Gasteiger partial charge is 0.399 e. The van der Waals surface area contributed by atoms with E-state index in [1.807, 2.05) is 0 Å². The predicted octanol–water partition coefficient (Wildman–Crippen LogP) is 1.76. The Hall–Kier alpha value is -2.89. The molecular formula is C14H12FN3O2. The highest BCUT2D eigenvalue weighted by atomic mass is 19.1. The average molecular weight is 273 g/mol. The first-order chi connectivity index (χ1) is 9.47. The van der Waals surface area contributed by atoms with Crippen molar-refractivity contribution in [2.75, 3.05) is 11.1 Å². The number of nitrogens with two attached hydrogens (primary N) is 2. The fraction of sp³-hybridized carbons (Fsp3) is 0. The molecule has 20 heavy (non-hydrogen) atoms. The fourth-order valence-electron chi connectivity index (χ4n) is 1.65. The molecule has 0 aliphatic carbocycles. The topological polar surface area (TPSA) is 98.2 Å². The van der Waals surface area contributed by atoms with Crippen molar-refractivity contribution < 1.29 is 14.0 Å². The average Bonchev–Trinajstić information content (AvgIpc) is 2.41. The normalized spacial score (nSPS) is 10.1. The number of halogens is 1. The van der Waals surface area contributed by atoms with Gasteiger partial charge in [0.15, 0.2) is 0 Å². The van der Waals surface area contributed by atoms with Crippen LogP contribution in [0, 0.1) is 5.82 Å². The lowest BCUT2D eigenvalue weighted by Gasteiger charge is -2.08. The smallest absolute Gasteiger partial charge is 0.255 e. The van der Waals surface area contributed by atoms with E-state index in [0.717, 1.165) is 6.07 Å². The summed E-state index contributed by atoms with van der Waals surface area (Å²) < 4.78 is 13.6. The fourth-order valence-corrected chi connectivity index (χ4v) is 1.65. The van der Waals surface area contributed by atoms with Crippen molar-refractivity contribution in [1.82, 2.24) is 0 Å². The van der Waals surface area contributed by atoms with Crippen LogP contribution in [0.15, 0.2) is 42.5 Å². The zero-order chi connectivity index (χ0) is 14.7. The molecule has 5 N–H and O–H groups in total. The van der Waals surface area contributed by atoms with Crippen molar-refractivity contribution in [3.8, 4) is 0 Å². The van der Waals surface area contributed by atoms with Gasteiger partial charge in [-0.2, -0.15) is 0 Å². The number of carbonyl (C=O) groups excluding carboxylic acids is 2. The monoisotopic (exact) mass is 273 g/mol. The Balaban J connectivity index is 2.27. The number of nitrogen functional groups attached to an aromatic ring is 1. The van der Waals surface area contributed by atoms with Crippen molar-refractivity contribution in [2.45, 2.75) is 0 Å². The molecular weight excluding hydrogens is 261 g/mol. The number of hydrogen-bond donors (Lipinski definition) is 3. The molecule has 0 spiro atoms. The third kappa shape index (κ3) is 2.92. The van der Waals surface area contributed by atoms with E-state index in [4.69, 9.17) is 11.5 Å². The van der Waals surface area contributed by atoms with Gasteiger partial charge in [0.25, 0.3) is 5.91 Å². The summed E-state index contributed by atoms with van der Waals surface area (Å²) in [7, 11) is 0. The molecule has 0 aliphatic rings. The van der Waals surface area contributed by atoms with E-state index in [1.54, 1.807) is 18.2 Å². The maximum Gasteiger partial charge on any atom is 0.255 e. The summed E-state index contributed by atoms with van der Waals surface area (Å²) in [5.41, 5.74) is 11.4. The summed E-state index contributed by atoms with van der Waals surface area (Å²) in [6.45, 7) is 0. The van der Waals surface area contributed by atoms with Gasteiger partial charge in [-0.25, -0.2) is 4.39 Å². The molecule has 0 atom stereocenters. The minimum Gasteiger partial charge on any atom is -0.399 e. The van der Waals surface area contributed by atoms with E-state index in [2.05, 4.69) is 5.32 Å².